The lowest BCUT2D eigenvalue weighted by Crippen LogP contribution is -2.38. The third kappa shape index (κ3) is 4.28. The van der Waals surface area contributed by atoms with Crippen LogP contribution in [0.2, 0.25) is 0 Å². The number of ether oxygens (including phenoxy) is 3. The summed E-state index contributed by atoms with van der Waals surface area (Å²) in [5, 5.41) is 0. The molecule has 0 unspecified atom stereocenters. The predicted octanol–water partition coefficient (Wildman–Crippen LogP) is 1.05. The molecule has 5 heteroatoms. The summed E-state index contributed by atoms with van der Waals surface area (Å²) in [6.45, 7) is 3.13. The van der Waals surface area contributed by atoms with Crippen LogP contribution < -0.4 is 0 Å². The van der Waals surface area contributed by atoms with Gasteiger partial charge in [0.25, 0.3) is 0 Å². The van der Waals surface area contributed by atoms with Gasteiger partial charge in [0.05, 0.1) is 20.3 Å². The first-order chi connectivity index (χ1) is 7.56. The number of methoxy groups -OCH3 is 1. The molecule has 5 nitrogen and oxygen atoms in total. The number of Topliss-reactive ketones (excluding diaryl/α,β-unsaturated/α-hetero) is 1. The van der Waals surface area contributed by atoms with Crippen molar-refractivity contribution in [3.05, 3.63) is 0 Å². The SMILES string of the molecule is COC(=O)CC(=O)CCC1(C)OCCCO1. The molecule has 0 aromatic carbocycles. The van der Waals surface area contributed by atoms with Crippen LogP contribution in [0.4, 0.5) is 0 Å². The number of esters is 1. The van der Waals surface area contributed by atoms with Crippen molar-refractivity contribution in [1.82, 2.24) is 0 Å². The van der Waals surface area contributed by atoms with E-state index in [0.29, 0.717) is 19.6 Å². The molecule has 0 bridgehead atoms. The van der Waals surface area contributed by atoms with Crippen LogP contribution in [0.1, 0.15) is 32.6 Å². The van der Waals surface area contributed by atoms with Crippen molar-refractivity contribution in [3.8, 4) is 0 Å². The zero-order valence-electron chi connectivity index (χ0n) is 9.78. The van der Waals surface area contributed by atoms with Crippen LogP contribution in [-0.4, -0.2) is 37.9 Å². The second kappa shape index (κ2) is 5.96. The molecule has 0 aliphatic carbocycles. The molecule has 0 atom stereocenters. The second-order valence-corrected chi connectivity index (χ2v) is 3.98. The quantitative estimate of drug-likeness (QED) is 0.522. The van der Waals surface area contributed by atoms with E-state index < -0.39 is 11.8 Å². The average Bonchev–Trinajstić information content (AvgIpc) is 2.27. The molecular formula is C11H18O5. The molecule has 16 heavy (non-hydrogen) atoms. The van der Waals surface area contributed by atoms with E-state index in [4.69, 9.17) is 9.47 Å². The van der Waals surface area contributed by atoms with Crippen LogP contribution in [0.15, 0.2) is 0 Å². The van der Waals surface area contributed by atoms with Crippen molar-refractivity contribution in [2.75, 3.05) is 20.3 Å². The Morgan fingerprint density at radius 3 is 2.50 bits per heavy atom. The number of hydrogen-bond donors (Lipinski definition) is 0. The van der Waals surface area contributed by atoms with Crippen LogP contribution in [0.25, 0.3) is 0 Å². The lowest BCUT2D eigenvalue weighted by molar-refractivity contribution is -0.258. The summed E-state index contributed by atoms with van der Waals surface area (Å²) in [6.07, 6.45) is 1.45. The minimum Gasteiger partial charge on any atom is -0.469 e. The van der Waals surface area contributed by atoms with E-state index >= 15 is 0 Å². The maximum absolute atomic E-state index is 11.4. The highest BCUT2D eigenvalue weighted by molar-refractivity contribution is 5.95. The van der Waals surface area contributed by atoms with Gasteiger partial charge in [-0.3, -0.25) is 9.59 Å². The van der Waals surface area contributed by atoms with Crippen molar-refractivity contribution in [2.45, 2.75) is 38.4 Å². The Kier molecular flexibility index (Phi) is 4.89. The van der Waals surface area contributed by atoms with E-state index in [-0.39, 0.29) is 18.6 Å². The van der Waals surface area contributed by atoms with Gasteiger partial charge in [0.15, 0.2) is 5.79 Å². The molecule has 0 saturated carbocycles. The van der Waals surface area contributed by atoms with Gasteiger partial charge in [-0.15, -0.1) is 0 Å². The first-order valence-corrected chi connectivity index (χ1v) is 5.42. The Morgan fingerprint density at radius 1 is 1.31 bits per heavy atom. The highest BCUT2D eigenvalue weighted by atomic mass is 16.7. The largest absolute Gasteiger partial charge is 0.469 e. The van der Waals surface area contributed by atoms with Crippen LogP contribution in [0.5, 0.6) is 0 Å². The highest BCUT2D eigenvalue weighted by Crippen LogP contribution is 2.23. The Morgan fingerprint density at radius 2 is 1.94 bits per heavy atom. The highest BCUT2D eigenvalue weighted by Gasteiger charge is 2.29. The Hall–Kier alpha value is -0.940. The van der Waals surface area contributed by atoms with Gasteiger partial charge < -0.3 is 14.2 Å². The summed E-state index contributed by atoms with van der Waals surface area (Å²) < 4.78 is 15.3. The zero-order chi connectivity index (χ0) is 12.0. The minimum atomic E-state index is -0.677. The molecule has 1 heterocycles. The van der Waals surface area contributed by atoms with E-state index in [0.717, 1.165) is 6.42 Å². The van der Waals surface area contributed by atoms with Crippen molar-refractivity contribution >= 4 is 11.8 Å². The first kappa shape index (κ1) is 13.1. The average molecular weight is 230 g/mol. The fourth-order valence-electron chi connectivity index (χ4n) is 1.51. The third-order valence-corrected chi connectivity index (χ3v) is 2.53. The summed E-state index contributed by atoms with van der Waals surface area (Å²) in [4.78, 5) is 22.2. The summed E-state index contributed by atoms with van der Waals surface area (Å²) in [6, 6.07) is 0. The topological polar surface area (TPSA) is 61.8 Å². The number of carbonyl (C=O) groups excluding carboxylic acids is 2. The van der Waals surface area contributed by atoms with Gasteiger partial charge in [-0.25, -0.2) is 0 Å². The molecule has 92 valence electrons. The molecule has 1 aliphatic heterocycles. The molecule has 1 aliphatic rings. The van der Waals surface area contributed by atoms with Gasteiger partial charge in [0, 0.05) is 12.8 Å². The maximum atomic E-state index is 11.4. The van der Waals surface area contributed by atoms with E-state index in [9.17, 15) is 9.59 Å². The Bertz CT molecular complexity index is 255. The Labute approximate surface area is 95.0 Å². The number of rotatable bonds is 5. The van der Waals surface area contributed by atoms with Gasteiger partial charge in [-0.1, -0.05) is 0 Å². The summed E-state index contributed by atoms with van der Waals surface area (Å²) in [5.41, 5.74) is 0. The predicted molar refractivity (Wildman–Crippen MR) is 55.8 cm³/mol. The minimum absolute atomic E-state index is 0.147. The second-order valence-electron chi connectivity index (χ2n) is 3.98. The molecule has 1 saturated heterocycles. The number of carbonyl (C=O) groups is 2. The van der Waals surface area contributed by atoms with Gasteiger partial charge in [-0.05, 0) is 13.3 Å². The van der Waals surface area contributed by atoms with Crippen LogP contribution in [0.3, 0.4) is 0 Å². The summed E-state index contributed by atoms with van der Waals surface area (Å²) >= 11 is 0. The monoisotopic (exact) mass is 230 g/mol. The molecule has 0 spiro atoms. The van der Waals surface area contributed by atoms with E-state index in [1.165, 1.54) is 7.11 Å². The van der Waals surface area contributed by atoms with Crippen molar-refractivity contribution in [1.29, 1.82) is 0 Å². The first-order valence-electron chi connectivity index (χ1n) is 5.42. The fraction of sp³-hybridized carbons (Fsp3) is 0.818. The molecule has 1 rings (SSSR count). The third-order valence-electron chi connectivity index (χ3n) is 2.53. The molecule has 0 N–H and O–H groups in total. The van der Waals surface area contributed by atoms with Gasteiger partial charge in [0.1, 0.15) is 12.2 Å². The van der Waals surface area contributed by atoms with E-state index in [2.05, 4.69) is 4.74 Å². The summed E-state index contributed by atoms with van der Waals surface area (Å²) in [7, 11) is 1.27. The fourth-order valence-corrected chi connectivity index (χ4v) is 1.51. The van der Waals surface area contributed by atoms with Crippen LogP contribution in [-0.2, 0) is 23.8 Å². The maximum Gasteiger partial charge on any atom is 0.313 e. The molecule has 0 radical (unpaired) electrons. The van der Waals surface area contributed by atoms with Crippen molar-refractivity contribution < 1.29 is 23.8 Å². The van der Waals surface area contributed by atoms with Crippen molar-refractivity contribution in [3.63, 3.8) is 0 Å². The summed E-state index contributed by atoms with van der Waals surface area (Å²) in [5.74, 6) is -1.32. The van der Waals surface area contributed by atoms with Gasteiger partial charge in [0.2, 0.25) is 0 Å². The Balaban J connectivity index is 2.27. The standard InChI is InChI=1S/C11H18O5/c1-11(15-6-3-7-16-11)5-4-9(12)8-10(13)14-2/h3-8H2,1-2H3. The van der Waals surface area contributed by atoms with Crippen molar-refractivity contribution in [2.24, 2.45) is 0 Å². The van der Waals surface area contributed by atoms with Gasteiger partial charge >= 0.3 is 5.97 Å². The smallest absolute Gasteiger partial charge is 0.313 e. The van der Waals surface area contributed by atoms with Crippen LogP contribution >= 0.6 is 0 Å². The molecular weight excluding hydrogens is 212 g/mol. The lowest BCUT2D eigenvalue weighted by Gasteiger charge is -2.33. The number of ketones is 1. The molecule has 0 amide bonds. The normalized spacial score (nSPS) is 19.1. The molecule has 0 aromatic heterocycles. The van der Waals surface area contributed by atoms with Gasteiger partial charge in [-0.2, -0.15) is 0 Å². The van der Waals surface area contributed by atoms with Crippen LogP contribution in [0, 0.1) is 0 Å². The lowest BCUT2D eigenvalue weighted by atomic mass is 10.1. The zero-order valence-corrected chi connectivity index (χ0v) is 9.78. The molecule has 1 fully saturated rings. The van der Waals surface area contributed by atoms with E-state index in [1.54, 1.807) is 0 Å². The van der Waals surface area contributed by atoms with E-state index in [1.807, 2.05) is 6.92 Å². The number of hydrogen-bond acceptors (Lipinski definition) is 5. The molecule has 0 aromatic rings.